The molecule has 0 aliphatic rings. The van der Waals surface area contributed by atoms with E-state index in [1.807, 2.05) is 36.4 Å². The Bertz CT molecular complexity index is 457. The van der Waals surface area contributed by atoms with Crippen LogP contribution in [0.2, 0.25) is 0 Å². The van der Waals surface area contributed by atoms with Crippen molar-refractivity contribution < 1.29 is 4.74 Å². The maximum Gasteiger partial charge on any atom is 0.122 e. The molecule has 0 aliphatic carbocycles. The van der Waals surface area contributed by atoms with Crippen molar-refractivity contribution in [2.45, 2.75) is 12.3 Å². The number of halogens is 1. The number of alkyl halides is 1. The van der Waals surface area contributed by atoms with Crippen LogP contribution in [-0.4, -0.2) is 7.11 Å². The molecule has 88 valence electrons. The van der Waals surface area contributed by atoms with Crippen LogP contribution in [0.15, 0.2) is 48.5 Å². The molecule has 0 aliphatic heterocycles. The Morgan fingerprint density at radius 1 is 1.00 bits per heavy atom. The molecule has 1 nitrogen and oxygen atoms in total. The third kappa shape index (κ3) is 2.80. The van der Waals surface area contributed by atoms with E-state index in [0.29, 0.717) is 5.88 Å². The summed E-state index contributed by atoms with van der Waals surface area (Å²) < 4.78 is 5.40. The molecule has 0 saturated carbocycles. The summed E-state index contributed by atoms with van der Waals surface area (Å²) in [6.07, 6.45) is 0.854. The van der Waals surface area contributed by atoms with Gasteiger partial charge in [-0.3, -0.25) is 0 Å². The van der Waals surface area contributed by atoms with E-state index in [1.54, 1.807) is 7.11 Å². The minimum Gasteiger partial charge on any atom is -0.496 e. The van der Waals surface area contributed by atoms with Gasteiger partial charge in [-0.2, -0.15) is 0 Å². The molecule has 0 unspecified atom stereocenters. The average Bonchev–Trinajstić information content (AvgIpc) is 2.40. The quantitative estimate of drug-likeness (QED) is 0.741. The summed E-state index contributed by atoms with van der Waals surface area (Å²) in [6, 6.07) is 16.4. The Morgan fingerprint density at radius 3 is 2.41 bits per heavy atom. The Kier molecular flexibility index (Phi) is 4.05. The average molecular weight is 247 g/mol. The molecule has 0 aromatic heterocycles. The molecule has 0 saturated heterocycles. The zero-order valence-electron chi connectivity index (χ0n) is 9.82. The highest BCUT2D eigenvalue weighted by molar-refractivity contribution is 6.17. The molecular formula is C15H15ClO. The summed E-state index contributed by atoms with van der Waals surface area (Å²) in [5.74, 6) is 1.42. The lowest BCUT2D eigenvalue weighted by Gasteiger charge is -2.12. The summed E-state index contributed by atoms with van der Waals surface area (Å²) in [7, 11) is 1.70. The van der Waals surface area contributed by atoms with Crippen molar-refractivity contribution in [3.05, 3.63) is 65.2 Å². The lowest BCUT2D eigenvalue weighted by atomic mass is 9.99. The van der Waals surface area contributed by atoms with Crippen LogP contribution in [0.25, 0.3) is 0 Å². The molecule has 2 rings (SSSR count). The first-order valence-electron chi connectivity index (χ1n) is 5.59. The van der Waals surface area contributed by atoms with E-state index in [4.69, 9.17) is 16.3 Å². The molecule has 0 amide bonds. The normalized spacial score (nSPS) is 10.2. The molecule has 0 atom stereocenters. The zero-order chi connectivity index (χ0) is 12.1. The summed E-state index contributed by atoms with van der Waals surface area (Å²) >= 11 is 5.97. The van der Waals surface area contributed by atoms with Crippen LogP contribution in [0.4, 0.5) is 0 Å². The van der Waals surface area contributed by atoms with Gasteiger partial charge in [-0.1, -0.05) is 42.5 Å². The van der Waals surface area contributed by atoms with E-state index in [1.165, 1.54) is 11.1 Å². The molecule has 0 spiro atoms. The van der Waals surface area contributed by atoms with Crippen LogP contribution in [0, 0.1) is 0 Å². The van der Waals surface area contributed by atoms with Crippen molar-refractivity contribution in [3.63, 3.8) is 0 Å². The standard InChI is InChI=1S/C15H15ClO/c1-17-15-9-5-8-13(11-16)14(15)10-12-6-3-2-4-7-12/h2-9H,10-11H2,1H3. The maximum atomic E-state index is 5.97. The molecule has 2 aromatic carbocycles. The summed E-state index contributed by atoms with van der Waals surface area (Å²) in [5.41, 5.74) is 3.58. The van der Waals surface area contributed by atoms with Crippen LogP contribution < -0.4 is 4.74 Å². The number of benzene rings is 2. The third-order valence-electron chi connectivity index (χ3n) is 2.82. The van der Waals surface area contributed by atoms with E-state index in [9.17, 15) is 0 Å². The van der Waals surface area contributed by atoms with Crippen LogP contribution in [0.5, 0.6) is 5.75 Å². The van der Waals surface area contributed by atoms with Crippen molar-refractivity contribution in [1.29, 1.82) is 0 Å². The maximum absolute atomic E-state index is 5.97. The summed E-state index contributed by atoms with van der Waals surface area (Å²) in [5, 5.41) is 0. The molecule has 0 fully saturated rings. The Morgan fingerprint density at radius 2 is 1.76 bits per heavy atom. The second-order valence-corrected chi connectivity index (χ2v) is 4.16. The van der Waals surface area contributed by atoms with Crippen molar-refractivity contribution in [3.8, 4) is 5.75 Å². The first-order chi connectivity index (χ1) is 8.35. The molecule has 0 N–H and O–H groups in total. The summed E-state index contributed by atoms with van der Waals surface area (Å²) in [6.45, 7) is 0. The smallest absolute Gasteiger partial charge is 0.122 e. The number of methoxy groups -OCH3 is 1. The Hall–Kier alpha value is -1.47. The molecular weight excluding hydrogens is 232 g/mol. The third-order valence-corrected chi connectivity index (χ3v) is 3.11. The lowest BCUT2D eigenvalue weighted by Crippen LogP contribution is -1.98. The van der Waals surface area contributed by atoms with Gasteiger partial charge in [-0.25, -0.2) is 0 Å². The van der Waals surface area contributed by atoms with Gasteiger partial charge in [0.15, 0.2) is 0 Å². The van der Waals surface area contributed by atoms with E-state index in [0.717, 1.165) is 17.7 Å². The van der Waals surface area contributed by atoms with Gasteiger partial charge in [0.1, 0.15) is 5.75 Å². The van der Waals surface area contributed by atoms with Crippen molar-refractivity contribution in [2.24, 2.45) is 0 Å². The fraction of sp³-hybridized carbons (Fsp3) is 0.200. The van der Waals surface area contributed by atoms with Gasteiger partial charge >= 0.3 is 0 Å². The fourth-order valence-electron chi connectivity index (χ4n) is 1.93. The first-order valence-corrected chi connectivity index (χ1v) is 6.13. The predicted molar refractivity (Wildman–Crippen MR) is 71.8 cm³/mol. The van der Waals surface area contributed by atoms with Gasteiger partial charge in [-0.15, -0.1) is 11.6 Å². The second kappa shape index (κ2) is 5.74. The van der Waals surface area contributed by atoms with Crippen molar-refractivity contribution in [1.82, 2.24) is 0 Å². The van der Waals surface area contributed by atoms with Gasteiger partial charge in [-0.05, 0) is 17.2 Å². The van der Waals surface area contributed by atoms with Crippen molar-refractivity contribution >= 4 is 11.6 Å². The Balaban J connectivity index is 2.37. The minimum absolute atomic E-state index is 0.513. The first kappa shape index (κ1) is 12.0. The number of rotatable bonds is 4. The van der Waals surface area contributed by atoms with Crippen LogP contribution in [0.3, 0.4) is 0 Å². The summed E-state index contributed by atoms with van der Waals surface area (Å²) in [4.78, 5) is 0. The van der Waals surface area contributed by atoms with Crippen molar-refractivity contribution in [2.75, 3.05) is 7.11 Å². The highest BCUT2D eigenvalue weighted by Crippen LogP contribution is 2.26. The predicted octanol–water partition coefficient (Wildman–Crippen LogP) is 4.02. The fourth-order valence-corrected chi connectivity index (χ4v) is 2.18. The van der Waals surface area contributed by atoms with E-state index < -0.39 is 0 Å². The molecule has 17 heavy (non-hydrogen) atoms. The molecule has 0 bridgehead atoms. The number of hydrogen-bond acceptors (Lipinski definition) is 1. The van der Waals surface area contributed by atoms with Gasteiger partial charge < -0.3 is 4.74 Å². The van der Waals surface area contributed by atoms with Crippen LogP contribution in [-0.2, 0) is 12.3 Å². The highest BCUT2D eigenvalue weighted by Gasteiger charge is 2.08. The largest absolute Gasteiger partial charge is 0.496 e. The van der Waals surface area contributed by atoms with Gasteiger partial charge in [0.05, 0.1) is 7.11 Å². The van der Waals surface area contributed by atoms with Crippen LogP contribution >= 0.6 is 11.6 Å². The van der Waals surface area contributed by atoms with Gasteiger partial charge in [0, 0.05) is 17.9 Å². The van der Waals surface area contributed by atoms with Gasteiger partial charge in [0.2, 0.25) is 0 Å². The SMILES string of the molecule is COc1cccc(CCl)c1Cc1ccccc1. The molecule has 0 heterocycles. The highest BCUT2D eigenvalue weighted by atomic mass is 35.5. The topological polar surface area (TPSA) is 9.23 Å². The van der Waals surface area contributed by atoms with E-state index in [-0.39, 0.29) is 0 Å². The number of hydrogen-bond donors (Lipinski definition) is 0. The lowest BCUT2D eigenvalue weighted by molar-refractivity contribution is 0.410. The van der Waals surface area contributed by atoms with E-state index >= 15 is 0 Å². The monoisotopic (exact) mass is 246 g/mol. The zero-order valence-corrected chi connectivity index (χ0v) is 10.6. The molecule has 0 radical (unpaired) electrons. The molecule has 2 heteroatoms. The van der Waals surface area contributed by atoms with E-state index in [2.05, 4.69) is 12.1 Å². The van der Waals surface area contributed by atoms with Crippen LogP contribution in [0.1, 0.15) is 16.7 Å². The van der Waals surface area contributed by atoms with Gasteiger partial charge in [0.25, 0.3) is 0 Å². The molecule has 2 aromatic rings. The second-order valence-electron chi connectivity index (χ2n) is 3.89. The minimum atomic E-state index is 0.513. The Labute approximate surface area is 107 Å². The number of ether oxygens (including phenoxy) is 1.